The summed E-state index contributed by atoms with van der Waals surface area (Å²) >= 11 is 0. The molecule has 1 saturated carbocycles. The largest absolute Gasteiger partial charge is 0.479 e. The van der Waals surface area contributed by atoms with Gasteiger partial charge in [-0.1, -0.05) is 0 Å². The Labute approximate surface area is 204 Å². The fourth-order valence-electron chi connectivity index (χ4n) is 4.69. The number of nitrogens with one attached hydrogen (secondary N) is 2. The first-order valence-electron chi connectivity index (χ1n) is 12.2. The zero-order chi connectivity index (χ0) is 24.0. The first-order valence-corrected chi connectivity index (χ1v) is 12.2. The molecule has 184 valence electrons. The number of rotatable bonds is 7. The molecule has 0 aromatic carbocycles. The normalized spacial score (nSPS) is 20.4. The standard InChI is InChI=1S/C25H31N7O3/c1-34-23-22-18(8-9-26-23)4-7-21(31-22)30-20-5-2-17(3-6-20)14-27-25-28-15-19(16-29-25)24(33)32-10-12-35-13-11-32/h4,7-9,15-17,20H,2-3,5-6,10-14H2,1H3,(H,30,31)(H,27,28,29)/t17-,20-. The lowest BCUT2D eigenvalue weighted by atomic mass is 9.86. The number of carbonyl (C=O) groups excluding carboxylic acids is 1. The first kappa shape index (κ1) is 23.2. The Bertz CT molecular complexity index is 1140. The molecular weight excluding hydrogens is 446 g/mol. The number of nitrogens with zero attached hydrogens (tertiary/aromatic N) is 5. The Hall–Kier alpha value is -3.53. The third-order valence-corrected chi connectivity index (χ3v) is 6.71. The minimum absolute atomic E-state index is 0.0405. The van der Waals surface area contributed by atoms with E-state index in [9.17, 15) is 4.79 Å². The SMILES string of the molecule is COc1nccc2ccc(N[C@H]3CC[C@H](CNc4ncc(C(=O)N5CCOCC5)cn4)CC3)nc12. The summed E-state index contributed by atoms with van der Waals surface area (Å²) in [4.78, 5) is 32.0. The maximum Gasteiger partial charge on any atom is 0.257 e. The molecule has 0 radical (unpaired) electrons. The second-order valence-electron chi connectivity index (χ2n) is 9.03. The highest BCUT2D eigenvalue weighted by Crippen LogP contribution is 2.28. The fraction of sp³-hybridized carbons (Fsp3) is 0.480. The van der Waals surface area contributed by atoms with Crippen molar-refractivity contribution in [3.63, 3.8) is 0 Å². The Morgan fingerprint density at radius 3 is 2.60 bits per heavy atom. The van der Waals surface area contributed by atoms with Gasteiger partial charge in [0.1, 0.15) is 11.3 Å². The van der Waals surface area contributed by atoms with Crippen molar-refractivity contribution in [2.24, 2.45) is 5.92 Å². The lowest BCUT2D eigenvalue weighted by molar-refractivity contribution is 0.0302. The molecule has 1 aliphatic heterocycles. The summed E-state index contributed by atoms with van der Waals surface area (Å²) in [5.41, 5.74) is 1.29. The van der Waals surface area contributed by atoms with Gasteiger partial charge in [0, 0.05) is 49.7 Å². The van der Waals surface area contributed by atoms with E-state index in [0.717, 1.165) is 48.9 Å². The van der Waals surface area contributed by atoms with Crippen molar-refractivity contribution in [2.75, 3.05) is 50.6 Å². The lowest BCUT2D eigenvalue weighted by Gasteiger charge is -2.29. The molecule has 1 saturated heterocycles. The predicted molar refractivity (Wildman–Crippen MR) is 133 cm³/mol. The molecule has 2 aliphatic rings. The summed E-state index contributed by atoms with van der Waals surface area (Å²) in [5, 5.41) is 7.93. The number of carbonyl (C=O) groups is 1. The van der Waals surface area contributed by atoms with Crippen LogP contribution in [-0.2, 0) is 4.74 Å². The number of fused-ring (bicyclic) bond motifs is 1. The maximum absolute atomic E-state index is 12.5. The minimum atomic E-state index is -0.0405. The van der Waals surface area contributed by atoms with E-state index in [4.69, 9.17) is 14.5 Å². The van der Waals surface area contributed by atoms with Crippen LogP contribution in [0.15, 0.2) is 36.8 Å². The molecular formula is C25H31N7O3. The number of amides is 1. The Morgan fingerprint density at radius 1 is 1.09 bits per heavy atom. The van der Waals surface area contributed by atoms with Crippen molar-refractivity contribution in [3.05, 3.63) is 42.4 Å². The molecule has 10 nitrogen and oxygen atoms in total. The van der Waals surface area contributed by atoms with Crippen molar-refractivity contribution in [1.29, 1.82) is 0 Å². The van der Waals surface area contributed by atoms with Gasteiger partial charge in [0.25, 0.3) is 5.91 Å². The third-order valence-electron chi connectivity index (χ3n) is 6.71. The van der Waals surface area contributed by atoms with E-state index in [-0.39, 0.29) is 5.91 Å². The number of hydrogen-bond acceptors (Lipinski definition) is 9. The molecule has 1 aliphatic carbocycles. The molecule has 4 heterocycles. The highest BCUT2D eigenvalue weighted by Gasteiger charge is 2.22. The molecule has 0 atom stereocenters. The molecule has 1 amide bonds. The molecule has 2 N–H and O–H groups in total. The van der Waals surface area contributed by atoms with Gasteiger partial charge in [-0.05, 0) is 49.8 Å². The van der Waals surface area contributed by atoms with Gasteiger partial charge in [-0.2, -0.15) is 0 Å². The van der Waals surface area contributed by atoms with Crippen LogP contribution in [0.3, 0.4) is 0 Å². The van der Waals surface area contributed by atoms with E-state index in [0.29, 0.717) is 55.7 Å². The highest BCUT2D eigenvalue weighted by molar-refractivity contribution is 5.93. The third kappa shape index (κ3) is 5.59. The summed E-state index contributed by atoms with van der Waals surface area (Å²) < 4.78 is 10.7. The van der Waals surface area contributed by atoms with Crippen LogP contribution >= 0.6 is 0 Å². The number of aromatic nitrogens is 4. The molecule has 35 heavy (non-hydrogen) atoms. The smallest absolute Gasteiger partial charge is 0.257 e. The second-order valence-corrected chi connectivity index (χ2v) is 9.03. The van der Waals surface area contributed by atoms with Crippen LogP contribution in [0, 0.1) is 5.92 Å². The quantitative estimate of drug-likeness (QED) is 0.530. The monoisotopic (exact) mass is 477 g/mol. The molecule has 5 rings (SSSR count). The molecule has 0 spiro atoms. The average Bonchev–Trinajstić information content (AvgIpc) is 2.92. The number of ether oxygens (including phenoxy) is 2. The van der Waals surface area contributed by atoms with Crippen LogP contribution in [0.25, 0.3) is 10.9 Å². The number of hydrogen-bond donors (Lipinski definition) is 2. The summed E-state index contributed by atoms with van der Waals surface area (Å²) in [7, 11) is 1.61. The predicted octanol–water partition coefficient (Wildman–Crippen LogP) is 2.98. The molecule has 2 fully saturated rings. The van der Waals surface area contributed by atoms with Gasteiger partial charge < -0.3 is 25.0 Å². The van der Waals surface area contributed by atoms with E-state index in [1.54, 1.807) is 30.6 Å². The Morgan fingerprint density at radius 2 is 1.86 bits per heavy atom. The number of pyridine rings is 2. The van der Waals surface area contributed by atoms with Crippen molar-refractivity contribution < 1.29 is 14.3 Å². The van der Waals surface area contributed by atoms with Crippen LogP contribution in [0.1, 0.15) is 36.0 Å². The summed E-state index contributed by atoms with van der Waals surface area (Å²) in [6, 6.07) is 6.39. The highest BCUT2D eigenvalue weighted by atomic mass is 16.5. The summed E-state index contributed by atoms with van der Waals surface area (Å²) in [6.45, 7) is 3.20. The van der Waals surface area contributed by atoms with Gasteiger partial charge >= 0.3 is 0 Å². The van der Waals surface area contributed by atoms with Crippen LogP contribution in [0.5, 0.6) is 5.88 Å². The van der Waals surface area contributed by atoms with E-state index in [1.165, 1.54) is 0 Å². The average molecular weight is 478 g/mol. The lowest BCUT2D eigenvalue weighted by Crippen LogP contribution is -2.40. The molecule has 3 aromatic heterocycles. The van der Waals surface area contributed by atoms with Crippen LogP contribution in [-0.4, -0.2) is 76.7 Å². The van der Waals surface area contributed by atoms with E-state index in [1.807, 2.05) is 18.2 Å². The van der Waals surface area contributed by atoms with Crippen molar-refractivity contribution in [2.45, 2.75) is 31.7 Å². The minimum Gasteiger partial charge on any atom is -0.479 e. The van der Waals surface area contributed by atoms with Gasteiger partial charge in [-0.3, -0.25) is 4.79 Å². The number of anilines is 2. The molecule has 0 bridgehead atoms. The van der Waals surface area contributed by atoms with Crippen molar-refractivity contribution in [1.82, 2.24) is 24.8 Å². The van der Waals surface area contributed by atoms with Crippen molar-refractivity contribution in [3.8, 4) is 5.88 Å². The molecule has 3 aromatic rings. The summed E-state index contributed by atoms with van der Waals surface area (Å²) in [6.07, 6.45) is 9.31. The van der Waals surface area contributed by atoms with Gasteiger partial charge in [0.15, 0.2) is 0 Å². The molecule has 10 heteroatoms. The van der Waals surface area contributed by atoms with Crippen LogP contribution < -0.4 is 15.4 Å². The Kier molecular flexibility index (Phi) is 7.17. The van der Waals surface area contributed by atoms with E-state index < -0.39 is 0 Å². The van der Waals surface area contributed by atoms with Gasteiger partial charge in [0.2, 0.25) is 11.8 Å². The summed E-state index contributed by atoms with van der Waals surface area (Å²) in [5.74, 6) is 2.47. The number of methoxy groups -OCH3 is 1. The fourth-order valence-corrected chi connectivity index (χ4v) is 4.69. The second kappa shape index (κ2) is 10.8. The zero-order valence-corrected chi connectivity index (χ0v) is 19.9. The van der Waals surface area contributed by atoms with Crippen LogP contribution in [0.2, 0.25) is 0 Å². The van der Waals surface area contributed by atoms with Gasteiger partial charge in [0.05, 0.1) is 25.9 Å². The molecule has 0 unspecified atom stereocenters. The Balaban J connectivity index is 1.08. The zero-order valence-electron chi connectivity index (χ0n) is 19.9. The van der Waals surface area contributed by atoms with E-state index in [2.05, 4.69) is 25.6 Å². The van der Waals surface area contributed by atoms with Gasteiger partial charge in [-0.25, -0.2) is 19.9 Å². The first-order chi connectivity index (χ1) is 17.2. The van der Waals surface area contributed by atoms with Crippen molar-refractivity contribution >= 4 is 28.6 Å². The maximum atomic E-state index is 12.5. The van der Waals surface area contributed by atoms with Gasteiger partial charge in [-0.15, -0.1) is 0 Å². The number of morpholine rings is 1. The van der Waals surface area contributed by atoms with Crippen LogP contribution in [0.4, 0.5) is 11.8 Å². The topological polar surface area (TPSA) is 114 Å². The van der Waals surface area contributed by atoms with E-state index >= 15 is 0 Å².